The van der Waals surface area contributed by atoms with Gasteiger partial charge in [-0.2, -0.15) is 13.2 Å². The standard InChI is InChI=1S/C21H16ClF3N2O2/c1-11-18-15(8-7-14-19(18)13(22)9-17(29)26-14)27(10-16(28)21(23,24)25)20(11)12-5-3-2-4-6-12/h2-9,16,28H,10H2,1H3,(H,26,29)/t16-/m1/s1. The number of fused-ring (bicyclic) bond motifs is 3. The number of nitrogens with one attached hydrogen (secondary N) is 1. The number of alkyl halides is 3. The average molecular weight is 421 g/mol. The van der Waals surface area contributed by atoms with Crippen LogP contribution in [0, 0.1) is 6.92 Å². The number of benzene rings is 2. The third kappa shape index (κ3) is 3.30. The summed E-state index contributed by atoms with van der Waals surface area (Å²) in [6.07, 6.45) is -7.28. The van der Waals surface area contributed by atoms with E-state index < -0.39 is 18.8 Å². The normalized spacial score (nSPS) is 13.3. The van der Waals surface area contributed by atoms with Crippen LogP contribution in [-0.2, 0) is 6.54 Å². The number of rotatable bonds is 3. The van der Waals surface area contributed by atoms with Gasteiger partial charge in [-0.05, 0) is 30.2 Å². The zero-order chi connectivity index (χ0) is 20.9. The molecule has 2 aromatic carbocycles. The Morgan fingerprint density at radius 3 is 2.48 bits per heavy atom. The van der Waals surface area contributed by atoms with Crippen LogP contribution in [0.15, 0.2) is 53.3 Å². The number of aryl methyl sites for hydroxylation is 1. The predicted octanol–water partition coefficient (Wildman–Crippen LogP) is 5.03. The molecule has 1 atom stereocenters. The molecule has 2 N–H and O–H groups in total. The number of aromatic amines is 1. The van der Waals surface area contributed by atoms with Crippen LogP contribution < -0.4 is 5.56 Å². The number of hydrogen-bond acceptors (Lipinski definition) is 2. The fourth-order valence-electron chi connectivity index (χ4n) is 3.78. The molecular formula is C21H16ClF3N2O2. The Morgan fingerprint density at radius 2 is 1.83 bits per heavy atom. The van der Waals surface area contributed by atoms with Gasteiger partial charge in [0, 0.05) is 22.4 Å². The molecular weight excluding hydrogens is 405 g/mol. The first kappa shape index (κ1) is 19.5. The van der Waals surface area contributed by atoms with Crippen molar-refractivity contribution in [3.05, 3.63) is 69.5 Å². The minimum absolute atomic E-state index is 0.214. The molecule has 0 fully saturated rings. The number of nitrogens with zero attached hydrogens (tertiary/aromatic N) is 1. The van der Waals surface area contributed by atoms with Gasteiger partial charge < -0.3 is 14.7 Å². The highest BCUT2D eigenvalue weighted by Gasteiger charge is 2.39. The molecule has 29 heavy (non-hydrogen) atoms. The number of aliphatic hydroxyl groups excluding tert-OH is 1. The highest BCUT2D eigenvalue weighted by atomic mass is 35.5. The van der Waals surface area contributed by atoms with Crippen LogP contribution in [0.2, 0.25) is 5.02 Å². The quantitative estimate of drug-likeness (QED) is 0.488. The predicted molar refractivity (Wildman–Crippen MR) is 107 cm³/mol. The van der Waals surface area contributed by atoms with Gasteiger partial charge in [0.2, 0.25) is 5.56 Å². The molecule has 0 unspecified atom stereocenters. The second kappa shape index (κ2) is 6.93. The minimum atomic E-state index is -4.75. The van der Waals surface area contributed by atoms with Crippen LogP contribution >= 0.6 is 11.6 Å². The smallest absolute Gasteiger partial charge is 0.382 e. The van der Waals surface area contributed by atoms with Gasteiger partial charge in [-0.25, -0.2) is 0 Å². The van der Waals surface area contributed by atoms with E-state index in [9.17, 15) is 23.1 Å². The lowest BCUT2D eigenvalue weighted by molar-refractivity contribution is -0.207. The van der Waals surface area contributed by atoms with Crippen LogP contribution in [0.3, 0.4) is 0 Å². The first-order valence-corrected chi connectivity index (χ1v) is 9.21. The highest BCUT2D eigenvalue weighted by molar-refractivity contribution is 6.37. The summed E-state index contributed by atoms with van der Waals surface area (Å²) in [7, 11) is 0. The molecule has 0 spiro atoms. The van der Waals surface area contributed by atoms with Gasteiger partial charge in [0.05, 0.1) is 22.8 Å². The minimum Gasteiger partial charge on any atom is -0.382 e. The summed E-state index contributed by atoms with van der Waals surface area (Å²) in [5, 5.41) is 11.2. The lowest BCUT2D eigenvalue weighted by Gasteiger charge is -2.18. The zero-order valence-corrected chi connectivity index (χ0v) is 16.0. The van der Waals surface area contributed by atoms with Gasteiger partial charge in [-0.15, -0.1) is 0 Å². The van der Waals surface area contributed by atoms with Crippen LogP contribution in [0.5, 0.6) is 0 Å². The molecule has 8 heteroatoms. The van der Waals surface area contributed by atoms with Crippen molar-refractivity contribution >= 4 is 33.4 Å². The van der Waals surface area contributed by atoms with Gasteiger partial charge in [-0.1, -0.05) is 41.9 Å². The molecule has 0 saturated carbocycles. The van der Waals surface area contributed by atoms with Crippen molar-refractivity contribution in [1.82, 2.24) is 9.55 Å². The molecule has 0 aliphatic carbocycles. The monoisotopic (exact) mass is 420 g/mol. The maximum absolute atomic E-state index is 13.1. The Balaban J connectivity index is 2.11. The van der Waals surface area contributed by atoms with E-state index in [2.05, 4.69) is 4.98 Å². The Labute approximate surface area is 168 Å². The van der Waals surface area contributed by atoms with Gasteiger partial charge in [0.25, 0.3) is 0 Å². The molecule has 2 heterocycles. The van der Waals surface area contributed by atoms with Crippen LogP contribution in [0.1, 0.15) is 5.56 Å². The van der Waals surface area contributed by atoms with Crippen molar-refractivity contribution in [2.45, 2.75) is 25.7 Å². The molecule has 4 aromatic rings. The van der Waals surface area contributed by atoms with Gasteiger partial charge in [-0.3, -0.25) is 4.79 Å². The van der Waals surface area contributed by atoms with Crippen molar-refractivity contribution in [2.75, 3.05) is 0 Å². The second-order valence-electron chi connectivity index (χ2n) is 6.87. The van der Waals surface area contributed by atoms with Crippen molar-refractivity contribution in [3.63, 3.8) is 0 Å². The first-order chi connectivity index (χ1) is 13.7. The van der Waals surface area contributed by atoms with Crippen LogP contribution in [-0.4, -0.2) is 26.9 Å². The van der Waals surface area contributed by atoms with Crippen LogP contribution in [0.4, 0.5) is 13.2 Å². The van der Waals surface area contributed by atoms with Crippen molar-refractivity contribution < 1.29 is 18.3 Å². The zero-order valence-electron chi connectivity index (χ0n) is 15.2. The summed E-state index contributed by atoms with van der Waals surface area (Å²) in [6, 6.07) is 13.5. The first-order valence-electron chi connectivity index (χ1n) is 8.83. The number of aliphatic hydroxyl groups is 1. The molecule has 4 rings (SSSR count). The second-order valence-corrected chi connectivity index (χ2v) is 7.28. The van der Waals surface area contributed by atoms with Crippen molar-refractivity contribution in [2.24, 2.45) is 0 Å². The Hall–Kier alpha value is -2.77. The number of hydrogen-bond donors (Lipinski definition) is 2. The summed E-state index contributed by atoms with van der Waals surface area (Å²) in [6.45, 7) is 1.13. The lowest BCUT2D eigenvalue weighted by Crippen LogP contribution is -2.33. The largest absolute Gasteiger partial charge is 0.416 e. The summed E-state index contributed by atoms with van der Waals surface area (Å²) in [4.78, 5) is 14.5. The van der Waals surface area contributed by atoms with E-state index in [1.807, 2.05) is 6.07 Å². The third-order valence-electron chi connectivity index (χ3n) is 5.01. The molecule has 0 aliphatic rings. The maximum Gasteiger partial charge on any atom is 0.416 e. The van der Waals surface area contributed by atoms with Gasteiger partial charge >= 0.3 is 6.18 Å². The molecule has 0 radical (unpaired) electrons. The molecule has 0 aliphatic heterocycles. The Bertz CT molecular complexity index is 1280. The van der Waals surface area contributed by atoms with Gasteiger partial charge in [0.15, 0.2) is 6.10 Å². The molecule has 0 saturated heterocycles. The SMILES string of the molecule is Cc1c(-c2ccccc2)n(C[C@@H](O)C(F)(F)F)c2ccc3[nH]c(=O)cc(Cl)c3c12. The summed E-state index contributed by atoms with van der Waals surface area (Å²) in [5.41, 5.74) is 2.59. The third-order valence-corrected chi connectivity index (χ3v) is 5.31. The van der Waals surface area contributed by atoms with E-state index in [1.54, 1.807) is 43.3 Å². The highest BCUT2D eigenvalue weighted by Crippen LogP contribution is 2.39. The van der Waals surface area contributed by atoms with E-state index in [4.69, 9.17) is 11.6 Å². The Kier molecular flexibility index (Phi) is 4.67. The van der Waals surface area contributed by atoms with E-state index in [0.29, 0.717) is 38.6 Å². The van der Waals surface area contributed by atoms with Crippen molar-refractivity contribution in [1.29, 1.82) is 0 Å². The van der Waals surface area contributed by atoms with E-state index in [0.717, 1.165) is 0 Å². The van der Waals surface area contributed by atoms with Gasteiger partial charge in [0.1, 0.15) is 0 Å². The number of halogens is 4. The number of aromatic nitrogens is 2. The maximum atomic E-state index is 13.1. The van der Waals surface area contributed by atoms with Crippen molar-refractivity contribution in [3.8, 4) is 11.3 Å². The molecule has 0 bridgehead atoms. The fourth-order valence-corrected chi connectivity index (χ4v) is 4.08. The van der Waals surface area contributed by atoms with E-state index >= 15 is 0 Å². The average Bonchev–Trinajstić information content (AvgIpc) is 2.93. The Morgan fingerprint density at radius 1 is 1.14 bits per heavy atom. The van der Waals surface area contributed by atoms with E-state index in [1.165, 1.54) is 10.6 Å². The molecule has 2 aromatic heterocycles. The fraction of sp³-hybridized carbons (Fsp3) is 0.190. The van der Waals surface area contributed by atoms with E-state index in [-0.39, 0.29) is 10.6 Å². The number of pyridine rings is 1. The number of H-pyrrole nitrogens is 1. The summed E-state index contributed by atoms with van der Waals surface area (Å²) < 4.78 is 40.8. The molecule has 4 nitrogen and oxygen atoms in total. The summed E-state index contributed by atoms with van der Waals surface area (Å²) in [5.74, 6) is 0. The molecule has 150 valence electrons. The molecule has 0 amide bonds. The lowest BCUT2D eigenvalue weighted by atomic mass is 10.0. The summed E-state index contributed by atoms with van der Waals surface area (Å²) >= 11 is 6.34. The topological polar surface area (TPSA) is 58.0 Å². The van der Waals surface area contributed by atoms with Crippen LogP contribution in [0.25, 0.3) is 33.1 Å².